The number of amides is 1. The molecule has 24 heavy (non-hydrogen) atoms. The van der Waals surface area contributed by atoms with Gasteiger partial charge in [0, 0.05) is 25.2 Å². The number of rotatable bonds is 4. The van der Waals surface area contributed by atoms with Crippen LogP contribution in [0.15, 0.2) is 42.5 Å². The second-order valence-corrected chi connectivity index (χ2v) is 5.69. The molecule has 2 aromatic rings. The van der Waals surface area contributed by atoms with Gasteiger partial charge in [-0.3, -0.25) is 9.69 Å². The monoisotopic (exact) mass is 330 g/mol. The number of hydrogen-bond donors (Lipinski definition) is 2. The van der Waals surface area contributed by atoms with Gasteiger partial charge in [0.15, 0.2) is 11.5 Å². The van der Waals surface area contributed by atoms with Crippen molar-refractivity contribution in [3.8, 4) is 11.5 Å². The van der Waals surface area contributed by atoms with Crippen molar-refractivity contribution in [3.05, 3.63) is 59.4 Å². The van der Waals surface area contributed by atoms with Gasteiger partial charge in [-0.05, 0) is 23.8 Å². The third kappa shape index (κ3) is 3.19. The van der Waals surface area contributed by atoms with E-state index in [1.165, 1.54) is 13.2 Å². The number of phenolic OH excluding ortho intramolecular Hbond substituents is 1. The van der Waals surface area contributed by atoms with Crippen molar-refractivity contribution < 1.29 is 19.0 Å². The van der Waals surface area contributed by atoms with Gasteiger partial charge in [0.1, 0.15) is 11.9 Å². The number of nitrogens with zero attached hydrogens (tertiary/aromatic N) is 1. The normalized spacial score (nSPS) is 18.2. The molecule has 1 fully saturated rings. The van der Waals surface area contributed by atoms with E-state index in [-0.39, 0.29) is 11.7 Å². The summed E-state index contributed by atoms with van der Waals surface area (Å²) in [5.74, 6) is -0.176. The van der Waals surface area contributed by atoms with Gasteiger partial charge in [0.05, 0.1) is 7.11 Å². The molecule has 0 saturated carbocycles. The lowest BCUT2D eigenvalue weighted by Crippen LogP contribution is -2.49. The summed E-state index contributed by atoms with van der Waals surface area (Å²) in [6.07, 6.45) is 0. The van der Waals surface area contributed by atoms with E-state index in [1.807, 2.05) is 4.90 Å². The number of nitrogens with one attached hydrogen (secondary N) is 1. The molecule has 5 nitrogen and oxygen atoms in total. The lowest BCUT2D eigenvalue weighted by atomic mass is 10.0. The lowest BCUT2D eigenvalue weighted by Gasteiger charge is -2.35. The zero-order valence-corrected chi connectivity index (χ0v) is 13.3. The Kier molecular flexibility index (Phi) is 4.66. The molecule has 0 radical (unpaired) electrons. The Morgan fingerprint density at radius 2 is 2.12 bits per heavy atom. The summed E-state index contributed by atoms with van der Waals surface area (Å²) in [7, 11) is 1.48. The summed E-state index contributed by atoms with van der Waals surface area (Å²) in [6.45, 7) is 1.57. The summed E-state index contributed by atoms with van der Waals surface area (Å²) < 4.78 is 19.3. The molecule has 1 heterocycles. The zero-order chi connectivity index (χ0) is 17.1. The first-order chi connectivity index (χ1) is 11.6. The van der Waals surface area contributed by atoms with Gasteiger partial charge in [-0.1, -0.05) is 24.3 Å². The third-order valence-electron chi connectivity index (χ3n) is 4.14. The Morgan fingerprint density at radius 1 is 1.33 bits per heavy atom. The molecule has 0 spiro atoms. The maximum atomic E-state index is 14.2. The van der Waals surface area contributed by atoms with Crippen LogP contribution in [0.25, 0.3) is 0 Å². The molecular weight excluding hydrogens is 311 g/mol. The van der Waals surface area contributed by atoms with E-state index in [4.69, 9.17) is 4.74 Å². The molecule has 0 bridgehead atoms. The SMILES string of the molecule is COc1cc(CN2CCNC(=O)C2c2ccccc2F)ccc1O. The first-order valence-electron chi connectivity index (χ1n) is 7.72. The van der Waals surface area contributed by atoms with Gasteiger partial charge in [0.2, 0.25) is 5.91 Å². The summed E-state index contributed by atoms with van der Waals surface area (Å²) in [5, 5.41) is 12.5. The highest BCUT2D eigenvalue weighted by Gasteiger charge is 2.32. The number of carbonyl (C=O) groups is 1. The van der Waals surface area contributed by atoms with Crippen LogP contribution < -0.4 is 10.1 Å². The standard InChI is InChI=1S/C18H19FN2O3/c1-24-16-10-12(6-7-15(16)22)11-21-9-8-20-18(23)17(21)13-4-2-3-5-14(13)19/h2-7,10,17,22H,8-9,11H2,1H3,(H,20,23). The van der Waals surface area contributed by atoms with Crippen molar-refractivity contribution in [1.82, 2.24) is 10.2 Å². The van der Waals surface area contributed by atoms with Gasteiger partial charge >= 0.3 is 0 Å². The average Bonchev–Trinajstić information content (AvgIpc) is 2.58. The maximum absolute atomic E-state index is 14.2. The number of benzene rings is 2. The number of methoxy groups -OCH3 is 1. The fraction of sp³-hybridized carbons (Fsp3) is 0.278. The van der Waals surface area contributed by atoms with Gasteiger partial charge in [-0.2, -0.15) is 0 Å². The molecule has 2 N–H and O–H groups in total. The first kappa shape index (κ1) is 16.3. The largest absolute Gasteiger partial charge is 0.504 e. The van der Waals surface area contributed by atoms with Crippen LogP contribution in [0.2, 0.25) is 0 Å². The molecular formula is C18H19FN2O3. The molecule has 3 rings (SSSR count). The fourth-order valence-electron chi connectivity index (χ4n) is 2.97. The van der Waals surface area contributed by atoms with Crippen molar-refractivity contribution in [3.63, 3.8) is 0 Å². The van der Waals surface area contributed by atoms with Gasteiger partial charge < -0.3 is 15.2 Å². The molecule has 0 aliphatic carbocycles. The minimum Gasteiger partial charge on any atom is -0.504 e. The number of piperazine rings is 1. The number of hydrogen-bond acceptors (Lipinski definition) is 4. The molecule has 1 saturated heterocycles. The second-order valence-electron chi connectivity index (χ2n) is 5.69. The third-order valence-corrected chi connectivity index (χ3v) is 4.14. The van der Waals surface area contributed by atoms with Crippen LogP contribution in [-0.4, -0.2) is 36.1 Å². The van der Waals surface area contributed by atoms with Crippen LogP contribution in [0.1, 0.15) is 17.2 Å². The fourth-order valence-corrected chi connectivity index (χ4v) is 2.97. The van der Waals surface area contributed by atoms with Crippen LogP contribution >= 0.6 is 0 Å². The van der Waals surface area contributed by atoms with Crippen LogP contribution in [-0.2, 0) is 11.3 Å². The van der Waals surface area contributed by atoms with Gasteiger partial charge in [-0.15, -0.1) is 0 Å². The molecule has 1 aliphatic heterocycles. The molecule has 1 atom stereocenters. The maximum Gasteiger partial charge on any atom is 0.242 e. The van der Waals surface area contributed by atoms with Crippen LogP contribution in [0.5, 0.6) is 11.5 Å². The smallest absolute Gasteiger partial charge is 0.242 e. The Morgan fingerprint density at radius 3 is 2.88 bits per heavy atom. The number of phenols is 1. The van der Waals surface area contributed by atoms with E-state index >= 15 is 0 Å². The van der Waals surface area contributed by atoms with E-state index in [2.05, 4.69) is 5.32 Å². The lowest BCUT2D eigenvalue weighted by molar-refractivity contribution is -0.129. The van der Waals surface area contributed by atoms with E-state index in [0.29, 0.717) is 30.9 Å². The van der Waals surface area contributed by atoms with E-state index in [0.717, 1.165) is 5.56 Å². The highest BCUT2D eigenvalue weighted by atomic mass is 19.1. The van der Waals surface area contributed by atoms with E-state index in [1.54, 1.807) is 36.4 Å². The zero-order valence-electron chi connectivity index (χ0n) is 13.3. The second kappa shape index (κ2) is 6.88. The molecule has 6 heteroatoms. The quantitative estimate of drug-likeness (QED) is 0.902. The van der Waals surface area contributed by atoms with Crippen molar-refractivity contribution in [2.45, 2.75) is 12.6 Å². The Bertz CT molecular complexity index is 751. The molecule has 2 aromatic carbocycles. The van der Waals surface area contributed by atoms with E-state index < -0.39 is 11.9 Å². The number of aromatic hydroxyl groups is 1. The van der Waals surface area contributed by atoms with Crippen LogP contribution in [0.4, 0.5) is 4.39 Å². The average molecular weight is 330 g/mol. The Hall–Kier alpha value is -2.60. The van der Waals surface area contributed by atoms with Crippen molar-refractivity contribution in [2.75, 3.05) is 20.2 Å². The highest BCUT2D eigenvalue weighted by Crippen LogP contribution is 2.30. The topological polar surface area (TPSA) is 61.8 Å². The molecule has 1 amide bonds. The Labute approximate surface area is 139 Å². The summed E-state index contributed by atoms with van der Waals surface area (Å²) in [6, 6.07) is 10.7. The van der Waals surface area contributed by atoms with Gasteiger partial charge in [-0.25, -0.2) is 4.39 Å². The predicted molar refractivity (Wildman–Crippen MR) is 87.2 cm³/mol. The summed E-state index contributed by atoms with van der Waals surface area (Å²) in [5.41, 5.74) is 1.24. The predicted octanol–water partition coefficient (Wildman–Crippen LogP) is 2.21. The molecule has 126 valence electrons. The van der Waals surface area contributed by atoms with Crippen molar-refractivity contribution >= 4 is 5.91 Å². The number of halogens is 1. The van der Waals surface area contributed by atoms with Crippen molar-refractivity contribution in [1.29, 1.82) is 0 Å². The number of carbonyl (C=O) groups excluding carboxylic acids is 1. The summed E-state index contributed by atoms with van der Waals surface area (Å²) in [4.78, 5) is 14.3. The first-order valence-corrected chi connectivity index (χ1v) is 7.72. The van der Waals surface area contributed by atoms with E-state index in [9.17, 15) is 14.3 Å². The van der Waals surface area contributed by atoms with Crippen LogP contribution in [0.3, 0.4) is 0 Å². The number of ether oxygens (including phenoxy) is 1. The minimum atomic E-state index is -0.681. The minimum absolute atomic E-state index is 0.0586. The van der Waals surface area contributed by atoms with Crippen molar-refractivity contribution in [2.24, 2.45) is 0 Å². The molecule has 0 aromatic heterocycles. The molecule has 1 unspecified atom stereocenters. The van der Waals surface area contributed by atoms with Gasteiger partial charge in [0.25, 0.3) is 0 Å². The molecule has 1 aliphatic rings. The highest BCUT2D eigenvalue weighted by molar-refractivity contribution is 5.84. The summed E-state index contributed by atoms with van der Waals surface area (Å²) >= 11 is 0. The van der Waals surface area contributed by atoms with Crippen LogP contribution in [0, 0.1) is 5.82 Å². The Balaban J connectivity index is 1.90.